The highest BCUT2D eigenvalue weighted by atomic mass is 35.5. The molecule has 1 amide bonds. The Bertz CT molecular complexity index is 497. The number of amides is 1. The minimum Gasteiger partial charge on any atom is -0.507 e. The standard InChI is InChI=1S/C15H21ClN2O2/c1-15(5-7-18(2)8-6-15)10-17-14(20)12-9-11(16)3-4-13(12)19/h3-4,9,19H,5-8,10H2,1-2H3,(H,17,20). The Labute approximate surface area is 124 Å². The van der Waals surface area contributed by atoms with Gasteiger partial charge >= 0.3 is 0 Å². The van der Waals surface area contributed by atoms with E-state index in [0.717, 1.165) is 25.9 Å². The lowest BCUT2D eigenvalue weighted by Crippen LogP contribution is -2.43. The average Bonchev–Trinajstić information content (AvgIpc) is 2.43. The van der Waals surface area contributed by atoms with Crippen LogP contribution >= 0.6 is 11.6 Å². The molecule has 0 aliphatic carbocycles. The highest BCUT2D eigenvalue weighted by molar-refractivity contribution is 6.31. The van der Waals surface area contributed by atoms with Crippen LogP contribution in [-0.4, -0.2) is 42.6 Å². The first-order valence-corrected chi connectivity index (χ1v) is 7.23. The van der Waals surface area contributed by atoms with E-state index in [1.165, 1.54) is 12.1 Å². The van der Waals surface area contributed by atoms with Crippen molar-refractivity contribution in [1.29, 1.82) is 0 Å². The van der Waals surface area contributed by atoms with Crippen molar-refractivity contribution in [3.8, 4) is 5.75 Å². The maximum atomic E-state index is 12.1. The number of nitrogens with zero attached hydrogens (tertiary/aromatic N) is 1. The normalized spacial score (nSPS) is 18.8. The number of likely N-dealkylation sites (tertiary alicyclic amines) is 1. The van der Waals surface area contributed by atoms with E-state index in [9.17, 15) is 9.90 Å². The molecule has 0 bridgehead atoms. The summed E-state index contributed by atoms with van der Waals surface area (Å²) in [7, 11) is 2.11. The quantitative estimate of drug-likeness (QED) is 0.901. The van der Waals surface area contributed by atoms with Gasteiger partial charge < -0.3 is 15.3 Å². The number of halogens is 1. The molecule has 0 unspecified atom stereocenters. The first-order chi connectivity index (χ1) is 9.39. The van der Waals surface area contributed by atoms with Gasteiger partial charge in [-0.2, -0.15) is 0 Å². The zero-order valence-electron chi connectivity index (χ0n) is 11.9. The number of rotatable bonds is 3. The third kappa shape index (κ3) is 3.64. The molecule has 1 saturated heterocycles. The van der Waals surface area contributed by atoms with Gasteiger partial charge in [-0.05, 0) is 56.6 Å². The van der Waals surface area contributed by atoms with Crippen LogP contribution < -0.4 is 5.32 Å². The van der Waals surface area contributed by atoms with Crippen molar-refractivity contribution in [3.63, 3.8) is 0 Å². The second-order valence-electron chi connectivity index (χ2n) is 5.96. The number of carbonyl (C=O) groups excluding carboxylic acids is 1. The minimum atomic E-state index is -0.273. The van der Waals surface area contributed by atoms with Gasteiger partial charge in [-0.15, -0.1) is 0 Å². The predicted octanol–water partition coefficient (Wildman–Crippen LogP) is 2.51. The topological polar surface area (TPSA) is 52.6 Å². The number of phenols is 1. The molecule has 1 aromatic carbocycles. The molecule has 0 saturated carbocycles. The van der Waals surface area contributed by atoms with Crippen LogP contribution in [0.2, 0.25) is 5.02 Å². The first kappa shape index (κ1) is 15.1. The Kier molecular flexibility index (Phi) is 4.55. The summed E-state index contributed by atoms with van der Waals surface area (Å²) in [6.07, 6.45) is 2.12. The van der Waals surface area contributed by atoms with Crippen LogP contribution in [0.4, 0.5) is 0 Å². The Balaban J connectivity index is 1.97. The number of benzene rings is 1. The lowest BCUT2D eigenvalue weighted by molar-refractivity contribution is 0.0889. The van der Waals surface area contributed by atoms with Crippen LogP contribution in [0, 0.1) is 5.41 Å². The number of hydrogen-bond donors (Lipinski definition) is 2. The molecule has 1 fully saturated rings. The number of piperidine rings is 1. The summed E-state index contributed by atoms with van der Waals surface area (Å²) in [4.78, 5) is 14.4. The van der Waals surface area contributed by atoms with Crippen LogP contribution in [0.25, 0.3) is 0 Å². The zero-order chi connectivity index (χ0) is 14.8. The Hall–Kier alpha value is -1.26. The Morgan fingerprint density at radius 3 is 2.75 bits per heavy atom. The molecular weight excluding hydrogens is 276 g/mol. The molecule has 1 aliphatic rings. The van der Waals surface area contributed by atoms with E-state index in [1.54, 1.807) is 6.07 Å². The molecule has 0 spiro atoms. The van der Waals surface area contributed by atoms with Gasteiger partial charge in [0.1, 0.15) is 5.75 Å². The summed E-state index contributed by atoms with van der Waals surface area (Å²) in [5, 5.41) is 13.1. The van der Waals surface area contributed by atoms with Crippen LogP contribution in [0.3, 0.4) is 0 Å². The van der Waals surface area contributed by atoms with Crippen molar-refractivity contribution in [1.82, 2.24) is 10.2 Å². The molecule has 0 aromatic heterocycles. The van der Waals surface area contributed by atoms with Crippen LogP contribution in [0.5, 0.6) is 5.75 Å². The molecule has 2 rings (SSSR count). The Morgan fingerprint density at radius 1 is 1.45 bits per heavy atom. The maximum absolute atomic E-state index is 12.1. The highest BCUT2D eigenvalue weighted by Crippen LogP contribution is 2.29. The molecule has 5 heteroatoms. The van der Waals surface area contributed by atoms with E-state index in [2.05, 4.69) is 24.2 Å². The first-order valence-electron chi connectivity index (χ1n) is 6.85. The van der Waals surface area contributed by atoms with Crippen molar-refractivity contribution in [2.75, 3.05) is 26.7 Å². The van der Waals surface area contributed by atoms with Crippen LogP contribution in [0.15, 0.2) is 18.2 Å². The summed E-state index contributed by atoms with van der Waals surface area (Å²) < 4.78 is 0. The van der Waals surface area contributed by atoms with Gasteiger partial charge in [0.25, 0.3) is 5.91 Å². The van der Waals surface area contributed by atoms with Crippen LogP contribution in [-0.2, 0) is 0 Å². The van der Waals surface area contributed by atoms with Gasteiger partial charge in [0, 0.05) is 11.6 Å². The van der Waals surface area contributed by atoms with Gasteiger partial charge in [0.15, 0.2) is 0 Å². The van der Waals surface area contributed by atoms with Crippen molar-refractivity contribution < 1.29 is 9.90 Å². The number of carbonyl (C=O) groups is 1. The fraction of sp³-hybridized carbons (Fsp3) is 0.533. The minimum absolute atomic E-state index is 0.0413. The SMILES string of the molecule is CN1CCC(C)(CNC(=O)c2cc(Cl)ccc2O)CC1. The number of nitrogens with one attached hydrogen (secondary N) is 1. The summed E-state index contributed by atoms with van der Waals surface area (Å²) in [5.41, 5.74) is 0.352. The molecule has 0 atom stereocenters. The number of aromatic hydroxyl groups is 1. The van der Waals surface area contributed by atoms with Crippen molar-refractivity contribution >= 4 is 17.5 Å². The molecule has 0 radical (unpaired) electrons. The van der Waals surface area contributed by atoms with Gasteiger partial charge in [0.2, 0.25) is 0 Å². The van der Waals surface area contributed by atoms with E-state index in [1.807, 2.05) is 0 Å². The maximum Gasteiger partial charge on any atom is 0.255 e. The van der Waals surface area contributed by atoms with Crippen molar-refractivity contribution in [2.24, 2.45) is 5.41 Å². The van der Waals surface area contributed by atoms with Gasteiger partial charge in [0.05, 0.1) is 5.56 Å². The monoisotopic (exact) mass is 296 g/mol. The third-order valence-corrected chi connectivity index (χ3v) is 4.31. The fourth-order valence-corrected chi connectivity index (χ4v) is 2.59. The van der Waals surface area contributed by atoms with E-state index in [4.69, 9.17) is 11.6 Å². The summed E-state index contributed by atoms with van der Waals surface area (Å²) in [6.45, 7) is 4.91. The molecule has 1 aromatic rings. The molecule has 1 aliphatic heterocycles. The largest absolute Gasteiger partial charge is 0.507 e. The van der Waals surface area contributed by atoms with E-state index >= 15 is 0 Å². The highest BCUT2D eigenvalue weighted by Gasteiger charge is 2.29. The fourth-order valence-electron chi connectivity index (χ4n) is 2.41. The van der Waals surface area contributed by atoms with E-state index in [0.29, 0.717) is 11.6 Å². The summed E-state index contributed by atoms with van der Waals surface area (Å²) in [6, 6.07) is 4.49. The van der Waals surface area contributed by atoms with E-state index < -0.39 is 0 Å². The third-order valence-electron chi connectivity index (χ3n) is 4.07. The lowest BCUT2D eigenvalue weighted by Gasteiger charge is -2.37. The number of hydrogen-bond acceptors (Lipinski definition) is 3. The molecule has 4 nitrogen and oxygen atoms in total. The average molecular weight is 297 g/mol. The van der Waals surface area contributed by atoms with Crippen molar-refractivity contribution in [3.05, 3.63) is 28.8 Å². The van der Waals surface area contributed by atoms with Crippen LogP contribution in [0.1, 0.15) is 30.1 Å². The molecule has 20 heavy (non-hydrogen) atoms. The van der Waals surface area contributed by atoms with E-state index in [-0.39, 0.29) is 22.6 Å². The zero-order valence-corrected chi connectivity index (χ0v) is 12.7. The van der Waals surface area contributed by atoms with Gasteiger partial charge in [-0.25, -0.2) is 0 Å². The summed E-state index contributed by atoms with van der Waals surface area (Å²) >= 11 is 5.86. The molecule has 2 N–H and O–H groups in total. The smallest absolute Gasteiger partial charge is 0.255 e. The Morgan fingerprint density at radius 2 is 2.10 bits per heavy atom. The lowest BCUT2D eigenvalue weighted by atomic mass is 9.80. The second-order valence-corrected chi connectivity index (χ2v) is 6.39. The van der Waals surface area contributed by atoms with Gasteiger partial charge in [-0.1, -0.05) is 18.5 Å². The van der Waals surface area contributed by atoms with Crippen molar-refractivity contribution in [2.45, 2.75) is 19.8 Å². The predicted molar refractivity (Wildman–Crippen MR) is 80.3 cm³/mol. The molecule has 1 heterocycles. The van der Waals surface area contributed by atoms with Gasteiger partial charge in [-0.3, -0.25) is 4.79 Å². The summed E-state index contributed by atoms with van der Waals surface area (Å²) in [5.74, 6) is -0.314. The molecule has 110 valence electrons. The number of phenolic OH excluding ortho intramolecular Hbond substituents is 1. The molecular formula is C15H21ClN2O2. The second kappa shape index (κ2) is 6.02.